The molecule has 0 amide bonds. The number of benzene rings is 1. The van der Waals surface area contributed by atoms with Crippen molar-refractivity contribution in [1.29, 1.82) is 0 Å². The Morgan fingerprint density at radius 1 is 1.42 bits per heavy atom. The molecule has 0 aliphatic rings. The number of anilines is 1. The van der Waals surface area contributed by atoms with Crippen molar-refractivity contribution in [2.24, 2.45) is 0 Å². The fourth-order valence-electron chi connectivity index (χ4n) is 0.793. The van der Waals surface area contributed by atoms with E-state index >= 15 is 0 Å². The molecule has 0 atom stereocenters. The van der Waals surface area contributed by atoms with E-state index in [1.165, 1.54) is 0 Å². The van der Waals surface area contributed by atoms with E-state index < -0.39 is 6.79 Å². The van der Waals surface area contributed by atoms with E-state index in [-0.39, 0.29) is 5.23 Å². The van der Waals surface area contributed by atoms with Gasteiger partial charge in [-0.05, 0) is 19.1 Å². The van der Waals surface area contributed by atoms with E-state index in [9.17, 15) is 5.21 Å². The zero-order valence-electron chi connectivity index (χ0n) is 6.73. The molecular weight excluding hydrogens is 158 g/mol. The molecule has 4 heteroatoms. The first kappa shape index (κ1) is 8.99. The Bertz CT molecular complexity index is 235. The van der Waals surface area contributed by atoms with Gasteiger partial charge in [0.2, 0.25) is 0 Å². The van der Waals surface area contributed by atoms with Crippen LogP contribution in [0.5, 0.6) is 0 Å². The molecule has 1 aromatic rings. The minimum atomic E-state index is -0.614. The number of hydrogen-bond acceptors (Lipinski definition) is 3. The van der Waals surface area contributed by atoms with Gasteiger partial charge >= 0.3 is 0 Å². The number of nitrogens with zero attached hydrogens (tertiary/aromatic N) is 1. The molecule has 1 rings (SSSR count). The molecule has 0 heterocycles. The van der Waals surface area contributed by atoms with E-state index in [4.69, 9.17) is 5.11 Å². The van der Waals surface area contributed by atoms with Gasteiger partial charge in [0, 0.05) is 0 Å². The van der Waals surface area contributed by atoms with Crippen LogP contribution in [0.25, 0.3) is 0 Å². The van der Waals surface area contributed by atoms with E-state index in [0.29, 0.717) is 5.69 Å². The van der Waals surface area contributed by atoms with Gasteiger partial charge in [0.05, 0.1) is 5.69 Å². The van der Waals surface area contributed by atoms with Gasteiger partial charge in [-0.1, -0.05) is 28.1 Å². The molecule has 0 fully saturated rings. The first-order valence-electron chi connectivity index (χ1n) is 3.52. The molecular formula is C8H10NO3. The second-order valence-electron chi connectivity index (χ2n) is 2.35. The van der Waals surface area contributed by atoms with Crippen molar-refractivity contribution in [2.75, 3.05) is 12.0 Å². The van der Waals surface area contributed by atoms with Crippen LogP contribution in [0, 0.1) is 6.92 Å². The molecule has 0 aliphatic heterocycles. The molecule has 0 aliphatic carbocycles. The van der Waals surface area contributed by atoms with Gasteiger partial charge in [-0.15, -0.1) is 0 Å². The van der Waals surface area contributed by atoms with Gasteiger partial charge in [0.25, 0.3) is 0 Å². The second-order valence-corrected chi connectivity index (χ2v) is 2.35. The minimum Gasteiger partial charge on any atom is -0.368 e. The number of aliphatic hydroxyl groups excluding tert-OH is 1. The third-order valence-electron chi connectivity index (χ3n) is 1.42. The van der Waals surface area contributed by atoms with E-state index in [1.807, 2.05) is 6.92 Å². The standard InChI is InChI=1S/C8H10NO3/c1-7-2-4-8(5-3-7)9(11)12-6-10/h2-5,10H,6H2,1H3. The maximum Gasteiger partial charge on any atom is 0.173 e. The highest BCUT2D eigenvalue weighted by Crippen LogP contribution is 2.13. The highest BCUT2D eigenvalue weighted by atomic mass is 16.9. The maximum absolute atomic E-state index is 10.9. The Morgan fingerprint density at radius 2 is 2.00 bits per heavy atom. The van der Waals surface area contributed by atoms with Crippen molar-refractivity contribution in [3.8, 4) is 0 Å². The summed E-state index contributed by atoms with van der Waals surface area (Å²) in [5.74, 6) is 0. The molecule has 0 bridgehead atoms. The van der Waals surface area contributed by atoms with E-state index in [1.54, 1.807) is 24.3 Å². The van der Waals surface area contributed by atoms with Crippen LogP contribution in [-0.4, -0.2) is 11.9 Å². The summed E-state index contributed by atoms with van der Waals surface area (Å²) in [6.45, 7) is 1.31. The summed E-state index contributed by atoms with van der Waals surface area (Å²) < 4.78 is 0. The predicted molar refractivity (Wildman–Crippen MR) is 42.5 cm³/mol. The molecule has 0 aromatic heterocycles. The van der Waals surface area contributed by atoms with Crippen LogP contribution in [0.1, 0.15) is 5.56 Å². The Morgan fingerprint density at radius 3 is 2.50 bits per heavy atom. The first-order valence-corrected chi connectivity index (χ1v) is 3.52. The Hall–Kier alpha value is -1.10. The molecule has 0 saturated carbocycles. The molecule has 0 saturated heterocycles. The van der Waals surface area contributed by atoms with Crippen molar-refractivity contribution >= 4 is 5.69 Å². The Balaban J connectivity index is 2.68. The highest BCUT2D eigenvalue weighted by molar-refractivity contribution is 5.42. The molecule has 12 heavy (non-hydrogen) atoms. The van der Waals surface area contributed by atoms with Crippen LogP contribution in [0.2, 0.25) is 0 Å². The third kappa shape index (κ3) is 2.20. The van der Waals surface area contributed by atoms with Crippen LogP contribution in [-0.2, 0) is 10.0 Å². The van der Waals surface area contributed by atoms with Crippen molar-refractivity contribution in [1.82, 2.24) is 0 Å². The van der Waals surface area contributed by atoms with Gasteiger partial charge in [-0.2, -0.15) is 0 Å². The lowest BCUT2D eigenvalue weighted by Gasteiger charge is -2.10. The zero-order chi connectivity index (χ0) is 8.97. The number of aliphatic hydroxyl groups is 1. The topological polar surface area (TPSA) is 52.6 Å². The van der Waals surface area contributed by atoms with Crippen LogP contribution in [0.4, 0.5) is 5.69 Å². The normalized spacial score (nSPS) is 9.92. The minimum absolute atomic E-state index is 0.277. The fraction of sp³-hybridized carbons (Fsp3) is 0.250. The van der Waals surface area contributed by atoms with Crippen molar-refractivity contribution in [2.45, 2.75) is 6.92 Å². The molecule has 4 nitrogen and oxygen atoms in total. The highest BCUT2D eigenvalue weighted by Gasteiger charge is 2.02. The molecule has 0 unspecified atom stereocenters. The summed E-state index contributed by atoms with van der Waals surface area (Å²) in [6, 6.07) is 6.83. The van der Waals surface area contributed by atoms with E-state index in [2.05, 4.69) is 4.84 Å². The van der Waals surface area contributed by atoms with E-state index in [0.717, 1.165) is 5.56 Å². The summed E-state index contributed by atoms with van der Waals surface area (Å²) in [5.41, 5.74) is 1.44. The van der Waals surface area contributed by atoms with Gasteiger partial charge in [-0.3, -0.25) is 0 Å². The summed E-state index contributed by atoms with van der Waals surface area (Å²) in [6.07, 6.45) is 0. The fourth-order valence-corrected chi connectivity index (χ4v) is 0.793. The Kier molecular flexibility index (Phi) is 3.04. The van der Waals surface area contributed by atoms with Gasteiger partial charge in [-0.25, -0.2) is 4.84 Å². The summed E-state index contributed by atoms with van der Waals surface area (Å²) in [4.78, 5) is 4.30. The molecule has 65 valence electrons. The lowest BCUT2D eigenvalue weighted by atomic mass is 10.2. The first-order chi connectivity index (χ1) is 5.74. The van der Waals surface area contributed by atoms with Crippen molar-refractivity contribution < 1.29 is 15.2 Å². The Labute approximate surface area is 70.5 Å². The largest absolute Gasteiger partial charge is 0.368 e. The lowest BCUT2D eigenvalue weighted by Crippen LogP contribution is -2.17. The number of rotatable bonds is 3. The molecule has 0 spiro atoms. The maximum atomic E-state index is 10.9. The summed E-state index contributed by atoms with van der Waals surface area (Å²) in [7, 11) is 0. The van der Waals surface area contributed by atoms with Crippen LogP contribution in [0.15, 0.2) is 24.3 Å². The average Bonchev–Trinajstić information content (AvgIpc) is 2.06. The zero-order valence-corrected chi connectivity index (χ0v) is 6.73. The number of aryl methyl sites for hydroxylation is 1. The van der Waals surface area contributed by atoms with Crippen molar-refractivity contribution in [3.63, 3.8) is 0 Å². The summed E-state index contributed by atoms with van der Waals surface area (Å²) in [5, 5.41) is 19.5. The summed E-state index contributed by atoms with van der Waals surface area (Å²) >= 11 is 0. The predicted octanol–water partition coefficient (Wildman–Crippen LogP) is 1.03. The lowest BCUT2D eigenvalue weighted by molar-refractivity contribution is -0.134. The molecule has 1 radical (unpaired) electrons. The van der Waals surface area contributed by atoms with Gasteiger partial charge < -0.3 is 5.11 Å². The quantitative estimate of drug-likeness (QED) is 0.541. The average molecular weight is 168 g/mol. The molecule has 1 aromatic carbocycles. The second kappa shape index (κ2) is 4.06. The van der Waals surface area contributed by atoms with Gasteiger partial charge in [0.1, 0.15) is 0 Å². The SMILES string of the molecule is Cc1ccc(N([O])OCO)cc1. The monoisotopic (exact) mass is 168 g/mol. The van der Waals surface area contributed by atoms with Crippen LogP contribution < -0.4 is 5.23 Å². The van der Waals surface area contributed by atoms with Crippen LogP contribution >= 0.6 is 0 Å². The number of hydrogen-bond donors (Lipinski definition) is 1. The third-order valence-corrected chi connectivity index (χ3v) is 1.42. The van der Waals surface area contributed by atoms with Crippen LogP contribution in [0.3, 0.4) is 0 Å². The molecule has 1 N–H and O–H groups in total. The van der Waals surface area contributed by atoms with Gasteiger partial charge in [0.15, 0.2) is 6.79 Å². The van der Waals surface area contributed by atoms with Crippen molar-refractivity contribution in [3.05, 3.63) is 29.8 Å². The smallest absolute Gasteiger partial charge is 0.173 e.